The van der Waals surface area contributed by atoms with Crippen LogP contribution in [0.15, 0.2) is 23.1 Å². The van der Waals surface area contributed by atoms with Crippen LogP contribution >= 0.6 is 0 Å². The Hall–Kier alpha value is -0.980. The van der Waals surface area contributed by atoms with E-state index >= 15 is 0 Å². The Balaban J connectivity index is 2.27. The van der Waals surface area contributed by atoms with Crippen molar-refractivity contribution in [2.45, 2.75) is 24.3 Å². The summed E-state index contributed by atoms with van der Waals surface area (Å²) >= 11 is 0. The summed E-state index contributed by atoms with van der Waals surface area (Å²) in [5.74, 6) is -0.714. The van der Waals surface area contributed by atoms with Gasteiger partial charge in [-0.25, -0.2) is 17.5 Å². The molecule has 1 aliphatic heterocycles. The van der Waals surface area contributed by atoms with Gasteiger partial charge in [0.1, 0.15) is 10.7 Å². The Labute approximate surface area is 100 Å². The summed E-state index contributed by atoms with van der Waals surface area (Å²) in [5.41, 5.74) is 0.719. The van der Waals surface area contributed by atoms with Crippen molar-refractivity contribution in [3.8, 4) is 0 Å². The highest BCUT2D eigenvalue weighted by atomic mass is 32.2. The predicted octanol–water partition coefficient (Wildman–Crippen LogP) is 0.774. The van der Waals surface area contributed by atoms with Gasteiger partial charge in [-0.2, -0.15) is 0 Å². The molecule has 17 heavy (non-hydrogen) atoms. The van der Waals surface area contributed by atoms with Crippen molar-refractivity contribution in [2.75, 3.05) is 13.1 Å². The number of hydrogen-bond acceptors (Lipinski definition) is 3. The second kappa shape index (κ2) is 4.72. The largest absolute Gasteiger partial charge is 0.315 e. The van der Waals surface area contributed by atoms with Gasteiger partial charge in [-0.05, 0) is 37.6 Å². The van der Waals surface area contributed by atoms with Crippen molar-refractivity contribution in [1.29, 1.82) is 0 Å². The molecule has 4 nitrogen and oxygen atoms in total. The van der Waals surface area contributed by atoms with Crippen molar-refractivity contribution < 1.29 is 12.8 Å². The molecule has 1 aromatic carbocycles. The third kappa shape index (κ3) is 2.83. The van der Waals surface area contributed by atoms with Gasteiger partial charge >= 0.3 is 0 Å². The van der Waals surface area contributed by atoms with E-state index in [1.807, 2.05) is 0 Å². The topological polar surface area (TPSA) is 58.2 Å². The maximum Gasteiger partial charge on any atom is 0.243 e. The number of rotatable bonds is 3. The van der Waals surface area contributed by atoms with Crippen LogP contribution in [0.3, 0.4) is 0 Å². The highest BCUT2D eigenvalue weighted by molar-refractivity contribution is 7.89. The molecule has 1 heterocycles. The summed E-state index contributed by atoms with van der Waals surface area (Å²) < 4.78 is 40.0. The molecule has 0 bridgehead atoms. The van der Waals surface area contributed by atoms with Crippen LogP contribution in [-0.4, -0.2) is 27.5 Å². The lowest BCUT2D eigenvalue weighted by atomic mass is 10.2. The van der Waals surface area contributed by atoms with Crippen LogP contribution in [0.2, 0.25) is 0 Å². The van der Waals surface area contributed by atoms with Crippen molar-refractivity contribution >= 4 is 10.0 Å². The van der Waals surface area contributed by atoms with Gasteiger partial charge in [0.15, 0.2) is 0 Å². The molecule has 6 heteroatoms. The predicted molar refractivity (Wildman–Crippen MR) is 62.7 cm³/mol. The maximum absolute atomic E-state index is 13.5. The first-order valence-corrected chi connectivity index (χ1v) is 6.96. The number of sulfonamides is 1. The molecule has 0 unspecified atom stereocenters. The minimum atomic E-state index is -3.76. The second-order valence-electron chi connectivity index (χ2n) is 4.24. The standard InChI is InChI=1S/C11H15FN2O2S/c1-8-2-3-10(12)11(6-8)17(15,16)14-9-4-5-13-7-9/h2-3,6,9,13-14H,4-5,7H2,1H3/t9-/m0/s1. The smallest absolute Gasteiger partial charge is 0.243 e. The lowest BCUT2D eigenvalue weighted by molar-refractivity contribution is 0.542. The second-order valence-corrected chi connectivity index (χ2v) is 5.93. The lowest BCUT2D eigenvalue weighted by Gasteiger charge is -2.12. The molecular formula is C11H15FN2O2S. The van der Waals surface area contributed by atoms with Crippen LogP contribution in [0.5, 0.6) is 0 Å². The molecule has 0 aromatic heterocycles. The van der Waals surface area contributed by atoms with Crippen LogP contribution < -0.4 is 10.0 Å². The Morgan fingerprint density at radius 3 is 2.88 bits per heavy atom. The number of nitrogens with one attached hydrogen (secondary N) is 2. The van der Waals surface area contributed by atoms with Gasteiger partial charge in [0.2, 0.25) is 10.0 Å². The maximum atomic E-state index is 13.5. The molecule has 0 saturated carbocycles. The van der Waals surface area contributed by atoms with E-state index in [0.29, 0.717) is 6.54 Å². The molecule has 1 aliphatic rings. The summed E-state index contributed by atoms with van der Waals surface area (Å²) in [4.78, 5) is -0.274. The summed E-state index contributed by atoms with van der Waals surface area (Å²) in [7, 11) is -3.76. The van der Waals surface area contributed by atoms with E-state index < -0.39 is 15.8 Å². The van der Waals surface area contributed by atoms with E-state index in [0.717, 1.165) is 18.5 Å². The van der Waals surface area contributed by atoms with Gasteiger partial charge in [-0.15, -0.1) is 0 Å². The van der Waals surface area contributed by atoms with Crippen LogP contribution in [0.25, 0.3) is 0 Å². The third-order valence-electron chi connectivity index (χ3n) is 2.76. The third-order valence-corrected chi connectivity index (χ3v) is 4.29. The number of benzene rings is 1. The first-order valence-electron chi connectivity index (χ1n) is 5.48. The van der Waals surface area contributed by atoms with Gasteiger partial charge in [0.05, 0.1) is 0 Å². The van der Waals surface area contributed by atoms with Crippen molar-refractivity contribution in [3.05, 3.63) is 29.6 Å². The van der Waals surface area contributed by atoms with E-state index in [9.17, 15) is 12.8 Å². The molecule has 1 saturated heterocycles. The molecule has 0 amide bonds. The summed E-state index contributed by atoms with van der Waals surface area (Å²) in [5, 5.41) is 3.05. The first-order chi connectivity index (χ1) is 7.99. The van der Waals surface area contributed by atoms with E-state index in [-0.39, 0.29) is 10.9 Å². The van der Waals surface area contributed by atoms with E-state index in [1.165, 1.54) is 12.1 Å². The van der Waals surface area contributed by atoms with Crippen LogP contribution in [0.1, 0.15) is 12.0 Å². The zero-order chi connectivity index (χ0) is 12.5. The summed E-state index contributed by atoms with van der Waals surface area (Å²) in [6.07, 6.45) is 0.729. The average molecular weight is 258 g/mol. The fourth-order valence-corrected chi connectivity index (χ4v) is 3.29. The molecule has 2 rings (SSSR count). The first kappa shape index (κ1) is 12.5. The number of hydrogen-bond donors (Lipinski definition) is 2. The molecule has 0 radical (unpaired) electrons. The minimum Gasteiger partial charge on any atom is -0.315 e. The lowest BCUT2D eigenvalue weighted by Crippen LogP contribution is -2.36. The highest BCUT2D eigenvalue weighted by Gasteiger charge is 2.25. The Morgan fingerprint density at radius 2 is 2.24 bits per heavy atom. The zero-order valence-corrected chi connectivity index (χ0v) is 10.3. The quantitative estimate of drug-likeness (QED) is 0.842. The van der Waals surface area contributed by atoms with Crippen LogP contribution in [0.4, 0.5) is 4.39 Å². The van der Waals surface area contributed by atoms with E-state index in [4.69, 9.17) is 0 Å². The number of halogens is 1. The highest BCUT2D eigenvalue weighted by Crippen LogP contribution is 2.17. The molecule has 2 N–H and O–H groups in total. The minimum absolute atomic E-state index is 0.153. The van der Waals surface area contributed by atoms with Gasteiger partial charge < -0.3 is 5.32 Å². The monoisotopic (exact) mass is 258 g/mol. The van der Waals surface area contributed by atoms with Crippen molar-refractivity contribution in [2.24, 2.45) is 0 Å². The van der Waals surface area contributed by atoms with Gasteiger partial charge in [0, 0.05) is 12.6 Å². The van der Waals surface area contributed by atoms with Gasteiger partial charge in [-0.3, -0.25) is 0 Å². The molecule has 1 aromatic rings. The Bertz CT molecular complexity index is 510. The van der Waals surface area contributed by atoms with Crippen molar-refractivity contribution in [3.63, 3.8) is 0 Å². The van der Waals surface area contributed by atoms with E-state index in [1.54, 1.807) is 13.0 Å². The molecule has 1 fully saturated rings. The molecule has 94 valence electrons. The van der Waals surface area contributed by atoms with Gasteiger partial charge in [-0.1, -0.05) is 6.07 Å². The van der Waals surface area contributed by atoms with Crippen molar-refractivity contribution in [1.82, 2.24) is 10.0 Å². The molecule has 0 aliphatic carbocycles. The van der Waals surface area contributed by atoms with Crippen LogP contribution in [-0.2, 0) is 10.0 Å². The van der Waals surface area contributed by atoms with Crippen LogP contribution in [0, 0.1) is 12.7 Å². The zero-order valence-electron chi connectivity index (χ0n) is 9.53. The fourth-order valence-electron chi connectivity index (χ4n) is 1.85. The number of aryl methyl sites for hydroxylation is 1. The average Bonchev–Trinajstić information content (AvgIpc) is 2.73. The van der Waals surface area contributed by atoms with E-state index in [2.05, 4.69) is 10.0 Å². The summed E-state index contributed by atoms with van der Waals surface area (Å²) in [6, 6.07) is 3.92. The fraction of sp³-hybridized carbons (Fsp3) is 0.455. The SMILES string of the molecule is Cc1ccc(F)c(S(=O)(=O)N[C@H]2CCNC2)c1. The molecule has 1 atom stereocenters. The normalized spacial score (nSPS) is 20.7. The Morgan fingerprint density at radius 1 is 1.47 bits per heavy atom. The summed E-state index contributed by atoms with van der Waals surface area (Å²) in [6.45, 7) is 3.10. The molecule has 0 spiro atoms. The van der Waals surface area contributed by atoms with Gasteiger partial charge in [0.25, 0.3) is 0 Å². The molecular weight excluding hydrogens is 243 g/mol. The Kier molecular flexibility index (Phi) is 3.46.